The van der Waals surface area contributed by atoms with E-state index in [1.807, 2.05) is 18.2 Å². The molecule has 0 amide bonds. The Morgan fingerprint density at radius 1 is 1.04 bits per heavy atom. The van der Waals surface area contributed by atoms with Crippen LogP contribution in [0, 0.1) is 0 Å². The Balaban J connectivity index is 1.62. The average molecular weight is 311 g/mol. The van der Waals surface area contributed by atoms with Gasteiger partial charge in [0, 0.05) is 31.5 Å². The molecule has 1 spiro atoms. The van der Waals surface area contributed by atoms with Gasteiger partial charge in [-0.25, -0.2) is 0 Å². The van der Waals surface area contributed by atoms with Gasteiger partial charge in [-0.1, -0.05) is 18.2 Å². The molecular weight excluding hydrogens is 290 g/mol. The minimum Gasteiger partial charge on any atom is -0.497 e. The van der Waals surface area contributed by atoms with Crippen LogP contribution < -0.4 is 14.8 Å². The number of methoxy groups -OCH3 is 1. The monoisotopic (exact) mass is 311 g/mol. The normalized spacial score (nSPS) is 19.0. The molecule has 0 aromatic heterocycles. The second kappa shape index (κ2) is 5.87. The van der Waals surface area contributed by atoms with Crippen LogP contribution in [0.2, 0.25) is 0 Å². The lowest BCUT2D eigenvalue weighted by Gasteiger charge is -2.41. The molecule has 0 saturated carbocycles. The van der Waals surface area contributed by atoms with Gasteiger partial charge in [-0.2, -0.15) is 0 Å². The van der Waals surface area contributed by atoms with Crippen LogP contribution in [-0.2, 0) is 11.3 Å². The van der Waals surface area contributed by atoms with Crippen LogP contribution in [0.15, 0.2) is 42.5 Å². The first-order chi connectivity index (χ1) is 11.3. The van der Waals surface area contributed by atoms with Gasteiger partial charge in [0.15, 0.2) is 0 Å². The van der Waals surface area contributed by atoms with Crippen LogP contribution in [0.3, 0.4) is 0 Å². The fraction of sp³-hybridized carbons (Fsp3) is 0.368. The largest absolute Gasteiger partial charge is 0.497 e. The standard InChI is InChI=1S/C19H21NO3/c1-21-17-4-2-3-14(12-17)15-5-6-18-16(11-15)13-22-19(23-18)7-9-20-10-8-19/h2-6,11-12,20H,7-10,13H2,1H3. The molecule has 2 aromatic carbocycles. The molecule has 2 aromatic rings. The van der Waals surface area contributed by atoms with Crippen molar-refractivity contribution in [2.24, 2.45) is 0 Å². The van der Waals surface area contributed by atoms with E-state index in [9.17, 15) is 0 Å². The van der Waals surface area contributed by atoms with Gasteiger partial charge >= 0.3 is 0 Å². The topological polar surface area (TPSA) is 39.7 Å². The zero-order valence-corrected chi connectivity index (χ0v) is 13.3. The Bertz CT molecular complexity index is 708. The third kappa shape index (κ3) is 2.80. The molecule has 1 fully saturated rings. The average Bonchev–Trinajstić information content (AvgIpc) is 2.62. The Kier molecular flexibility index (Phi) is 3.71. The Labute approximate surface area is 136 Å². The summed E-state index contributed by atoms with van der Waals surface area (Å²) < 4.78 is 17.6. The summed E-state index contributed by atoms with van der Waals surface area (Å²) in [7, 11) is 1.69. The summed E-state index contributed by atoms with van der Waals surface area (Å²) in [6.45, 7) is 2.49. The van der Waals surface area contributed by atoms with Gasteiger partial charge in [0.25, 0.3) is 0 Å². The molecule has 0 atom stereocenters. The van der Waals surface area contributed by atoms with Crippen LogP contribution in [0.4, 0.5) is 0 Å². The zero-order chi connectivity index (χ0) is 15.7. The molecule has 0 bridgehead atoms. The summed E-state index contributed by atoms with van der Waals surface area (Å²) in [6, 6.07) is 14.4. The lowest BCUT2D eigenvalue weighted by atomic mass is 9.99. The molecule has 120 valence electrons. The Morgan fingerprint density at radius 3 is 2.70 bits per heavy atom. The number of hydrogen-bond donors (Lipinski definition) is 1. The van der Waals surface area contributed by atoms with Crippen molar-refractivity contribution in [3.05, 3.63) is 48.0 Å². The van der Waals surface area contributed by atoms with Gasteiger partial charge in [-0.15, -0.1) is 0 Å². The summed E-state index contributed by atoms with van der Waals surface area (Å²) in [5.74, 6) is 1.38. The molecule has 4 rings (SSSR count). The minimum atomic E-state index is -0.435. The van der Waals surface area contributed by atoms with Gasteiger partial charge < -0.3 is 19.5 Å². The van der Waals surface area contributed by atoms with Gasteiger partial charge in [-0.3, -0.25) is 0 Å². The van der Waals surface area contributed by atoms with Crippen LogP contribution >= 0.6 is 0 Å². The smallest absolute Gasteiger partial charge is 0.213 e. The van der Waals surface area contributed by atoms with Crippen LogP contribution in [-0.4, -0.2) is 26.0 Å². The summed E-state index contributed by atoms with van der Waals surface area (Å²) in [5, 5.41) is 3.35. The number of benzene rings is 2. The maximum absolute atomic E-state index is 6.21. The number of rotatable bonds is 2. The SMILES string of the molecule is COc1cccc(-c2ccc3c(c2)COC2(CCNCC2)O3)c1. The van der Waals surface area contributed by atoms with Gasteiger partial charge in [0.2, 0.25) is 5.79 Å². The number of ether oxygens (including phenoxy) is 3. The number of fused-ring (bicyclic) bond motifs is 1. The first kappa shape index (κ1) is 14.5. The molecule has 2 aliphatic heterocycles. The zero-order valence-electron chi connectivity index (χ0n) is 13.3. The van der Waals surface area contributed by atoms with E-state index < -0.39 is 5.79 Å². The maximum Gasteiger partial charge on any atom is 0.213 e. The summed E-state index contributed by atoms with van der Waals surface area (Å²) in [6.07, 6.45) is 1.79. The Hall–Kier alpha value is -2.04. The van der Waals surface area contributed by atoms with E-state index in [1.165, 1.54) is 0 Å². The summed E-state index contributed by atoms with van der Waals surface area (Å²) >= 11 is 0. The maximum atomic E-state index is 6.21. The second-order valence-corrected chi connectivity index (χ2v) is 6.11. The lowest BCUT2D eigenvalue weighted by Crippen LogP contribution is -2.49. The van der Waals surface area contributed by atoms with Crippen LogP contribution in [0.5, 0.6) is 11.5 Å². The molecule has 4 heteroatoms. The van der Waals surface area contributed by atoms with Crippen molar-refractivity contribution in [2.75, 3.05) is 20.2 Å². The molecule has 0 aliphatic carbocycles. The third-order valence-corrected chi connectivity index (χ3v) is 4.62. The molecule has 0 radical (unpaired) electrons. The molecular formula is C19H21NO3. The summed E-state index contributed by atoms with van der Waals surface area (Å²) in [5.41, 5.74) is 3.39. The lowest BCUT2D eigenvalue weighted by molar-refractivity contribution is -0.218. The summed E-state index contributed by atoms with van der Waals surface area (Å²) in [4.78, 5) is 0. The first-order valence-electron chi connectivity index (χ1n) is 8.09. The van der Waals surface area contributed by atoms with E-state index in [2.05, 4.69) is 29.6 Å². The highest BCUT2D eigenvalue weighted by molar-refractivity contribution is 5.67. The molecule has 1 saturated heterocycles. The van der Waals surface area contributed by atoms with Crippen molar-refractivity contribution < 1.29 is 14.2 Å². The second-order valence-electron chi connectivity index (χ2n) is 6.11. The van der Waals surface area contributed by atoms with Crippen molar-refractivity contribution in [3.8, 4) is 22.6 Å². The van der Waals surface area contributed by atoms with Gasteiger partial charge in [0.1, 0.15) is 11.5 Å². The van der Waals surface area contributed by atoms with E-state index in [-0.39, 0.29) is 0 Å². The highest BCUT2D eigenvalue weighted by Crippen LogP contribution is 2.38. The Morgan fingerprint density at radius 2 is 1.87 bits per heavy atom. The quantitative estimate of drug-likeness (QED) is 0.923. The number of nitrogens with one attached hydrogen (secondary N) is 1. The van der Waals surface area contributed by atoms with E-state index in [1.54, 1.807) is 7.11 Å². The van der Waals surface area contributed by atoms with E-state index in [0.717, 1.165) is 54.1 Å². The number of piperidine rings is 1. The predicted molar refractivity (Wildman–Crippen MR) is 88.7 cm³/mol. The van der Waals surface area contributed by atoms with Crippen LogP contribution in [0.25, 0.3) is 11.1 Å². The molecule has 4 nitrogen and oxygen atoms in total. The van der Waals surface area contributed by atoms with Crippen LogP contribution in [0.1, 0.15) is 18.4 Å². The highest BCUT2D eigenvalue weighted by Gasteiger charge is 2.38. The molecule has 23 heavy (non-hydrogen) atoms. The van der Waals surface area contributed by atoms with E-state index >= 15 is 0 Å². The molecule has 1 N–H and O–H groups in total. The van der Waals surface area contributed by atoms with Gasteiger partial charge in [-0.05, 0) is 35.4 Å². The molecule has 2 aliphatic rings. The van der Waals surface area contributed by atoms with Crippen molar-refractivity contribution >= 4 is 0 Å². The highest BCUT2D eigenvalue weighted by atomic mass is 16.7. The fourth-order valence-corrected chi connectivity index (χ4v) is 3.27. The predicted octanol–water partition coefficient (Wildman–Crippen LogP) is 3.35. The number of hydrogen-bond acceptors (Lipinski definition) is 4. The third-order valence-electron chi connectivity index (χ3n) is 4.62. The van der Waals surface area contributed by atoms with E-state index in [0.29, 0.717) is 6.61 Å². The molecule has 0 unspecified atom stereocenters. The van der Waals surface area contributed by atoms with Gasteiger partial charge in [0.05, 0.1) is 13.7 Å². The first-order valence-corrected chi connectivity index (χ1v) is 8.09. The van der Waals surface area contributed by atoms with Crippen molar-refractivity contribution in [1.29, 1.82) is 0 Å². The minimum absolute atomic E-state index is 0.435. The van der Waals surface area contributed by atoms with Crippen molar-refractivity contribution in [1.82, 2.24) is 5.32 Å². The fourth-order valence-electron chi connectivity index (χ4n) is 3.27. The van der Waals surface area contributed by atoms with E-state index in [4.69, 9.17) is 14.2 Å². The molecule has 2 heterocycles. The van der Waals surface area contributed by atoms with Crippen molar-refractivity contribution in [3.63, 3.8) is 0 Å². The van der Waals surface area contributed by atoms with Crippen molar-refractivity contribution in [2.45, 2.75) is 25.2 Å².